The Hall–Kier alpha value is -3.78. The first-order valence-corrected chi connectivity index (χ1v) is 10.8. The molecule has 1 aliphatic rings. The average Bonchev–Trinajstić information content (AvgIpc) is 2.82. The molecule has 3 heterocycles. The van der Waals surface area contributed by atoms with Crippen molar-refractivity contribution in [2.24, 2.45) is 0 Å². The summed E-state index contributed by atoms with van der Waals surface area (Å²) in [6, 6.07) is 9.99. The predicted octanol–water partition coefficient (Wildman–Crippen LogP) is 4.05. The molecule has 1 saturated heterocycles. The molecular weight excluding hydrogens is 443 g/mol. The molecule has 0 saturated carbocycles. The SMILES string of the molecule is C=CC(=O)N1CCN(c2ncnc3cc(-c4nc(N)cc5cccc(F)c45)c(Cl)cc23)CC1. The number of hydrogen-bond donors (Lipinski definition) is 1. The van der Waals surface area contributed by atoms with Crippen molar-refractivity contribution in [3.8, 4) is 11.3 Å². The number of benzene rings is 2. The molecular formula is C24H20ClFN6O. The maximum absolute atomic E-state index is 14.7. The lowest BCUT2D eigenvalue weighted by molar-refractivity contribution is -0.126. The van der Waals surface area contributed by atoms with Gasteiger partial charge in [0.1, 0.15) is 23.8 Å². The highest BCUT2D eigenvalue weighted by atomic mass is 35.5. The number of piperazine rings is 1. The van der Waals surface area contributed by atoms with E-state index in [0.717, 1.165) is 11.2 Å². The fourth-order valence-corrected chi connectivity index (χ4v) is 4.50. The van der Waals surface area contributed by atoms with Gasteiger partial charge in [-0.05, 0) is 35.7 Å². The van der Waals surface area contributed by atoms with Crippen LogP contribution in [0, 0.1) is 5.82 Å². The van der Waals surface area contributed by atoms with Gasteiger partial charge in [-0.2, -0.15) is 0 Å². The average molecular weight is 463 g/mol. The number of hydrogen-bond acceptors (Lipinski definition) is 6. The number of carbonyl (C=O) groups is 1. The Bertz CT molecular complexity index is 1420. The monoisotopic (exact) mass is 462 g/mol. The van der Waals surface area contributed by atoms with Crippen LogP contribution in [-0.2, 0) is 4.79 Å². The molecule has 0 aliphatic carbocycles. The van der Waals surface area contributed by atoms with Crippen LogP contribution >= 0.6 is 11.6 Å². The summed E-state index contributed by atoms with van der Waals surface area (Å²) < 4.78 is 14.7. The lowest BCUT2D eigenvalue weighted by atomic mass is 10.0. The summed E-state index contributed by atoms with van der Waals surface area (Å²) in [5, 5.41) is 2.15. The second-order valence-corrected chi connectivity index (χ2v) is 8.20. The minimum atomic E-state index is -0.401. The molecule has 0 radical (unpaired) electrons. The van der Waals surface area contributed by atoms with Crippen molar-refractivity contribution in [2.75, 3.05) is 36.8 Å². The molecule has 166 valence electrons. The lowest BCUT2D eigenvalue weighted by Crippen LogP contribution is -2.48. The van der Waals surface area contributed by atoms with Crippen molar-refractivity contribution in [1.29, 1.82) is 0 Å². The van der Waals surface area contributed by atoms with Crippen molar-refractivity contribution < 1.29 is 9.18 Å². The van der Waals surface area contributed by atoms with E-state index in [-0.39, 0.29) is 11.7 Å². The van der Waals surface area contributed by atoms with Gasteiger partial charge in [0.2, 0.25) is 5.91 Å². The van der Waals surface area contributed by atoms with Crippen LogP contribution in [0.25, 0.3) is 32.9 Å². The molecule has 0 spiro atoms. The highest BCUT2D eigenvalue weighted by Crippen LogP contribution is 2.38. The van der Waals surface area contributed by atoms with Gasteiger partial charge >= 0.3 is 0 Å². The number of rotatable bonds is 3. The zero-order chi connectivity index (χ0) is 23.1. The third kappa shape index (κ3) is 3.72. The summed E-state index contributed by atoms with van der Waals surface area (Å²) in [4.78, 5) is 29.0. The van der Waals surface area contributed by atoms with E-state index in [2.05, 4.69) is 26.4 Å². The van der Waals surface area contributed by atoms with Crippen LogP contribution in [-0.4, -0.2) is 51.9 Å². The first kappa shape index (κ1) is 21.1. The molecule has 2 aromatic heterocycles. The van der Waals surface area contributed by atoms with Crippen molar-refractivity contribution in [2.45, 2.75) is 0 Å². The summed E-state index contributed by atoms with van der Waals surface area (Å²) >= 11 is 6.70. The highest BCUT2D eigenvalue weighted by Gasteiger charge is 2.23. The zero-order valence-electron chi connectivity index (χ0n) is 17.6. The third-order valence-corrected chi connectivity index (χ3v) is 6.16. The van der Waals surface area contributed by atoms with Gasteiger partial charge in [-0.1, -0.05) is 30.3 Å². The molecule has 5 rings (SSSR count). The number of amides is 1. The Morgan fingerprint density at radius 1 is 1.15 bits per heavy atom. The molecule has 0 atom stereocenters. The minimum absolute atomic E-state index is 0.0797. The second kappa shape index (κ2) is 8.29. The fraction of sp³-hybridized carbons (Fsp3) is 0.167. The normalized spacial score (nSPS) is 14.1. The Morgan fingerprint density at radius 2 is 1.94 bits per heavy atom. The first-order chi connectivity index (χ1) is 16.0. The lowest BCUT2D eigenvalue weighted by Gasteiger charge is -2.35. The molecule has 1 fully saturated rings. The molecule has 9 heteroatoms. The van der Waals surface area contributed by atoms with Crippen molar-refractivity contribution in [1.82, 2.24) is 19.9 Å². The van der Waals surface area contributed by atoms with E-state index in [1.54, 1.807) is 35.2 Å². The van der Waals surface area contributed by atoms with Crippen LogP contribution in [0.2, 0.25) is 5.02 Å². The maximum atomic E-state index is 14.7. The van der Waals surface area contributed by atoms with Gasteiger partial charge in [-0.15, -0.1) is 0 Å². The number of anilines is 2. The van der Waals surface area contributed by atoms with Crippen LogP contribution in [0.1, 0.15) is 0 Å². The van der Waals surface area contributed by atoms with Crippen LogP contribution in [0.4, 0.5) is 16.0 Å². The van der Waals surface area contributed by atoms with Crippen LogP contribution in [0.15, 0.2) is 55.4 Å². The van der Waals surface area contributed by atoms with E-state index < -0.39 is 5.82 Å². The fourth-order valence-electron chi connectivity index (χ4n) is 4.25. The number of nitrogen functional groups attached to an aromatic ring is 1. The van der Waals surface area contributed by atoms with E-state index in [1.807, 2.05) is 0 Å². The van der Waals surface area contributed by atoms with Crippen molar-refractivity contribution in [3.63, 3.8) is 0 Å². The molecule has 1 aliphatic heterocycles. The van der Waals surface area contributed by atoms with E-state index >= 15 is 0 Å². The van der Waals surface area contributed by atoms with Crippen LogP contribution in [0.3, 0.4) is 0 Å². The van der Waals surface area contributed by atoms with Gasteiger partial charge in [-0.3, -0.25) is 4.79 Å². The number of aromatic nitrogens is 3. The maximum Gasteiger partial charge on any atom is 0.246 e. The largest absolute Gasteiger partial charge is 0.384 e. The first-order valence-electron chi connectivity index (χ1n) is 10.4. The number of nitrogens with two attached hydrogens (primary N) is 1. The Labute approximate surface area is 194 Å². The summed E-state index contributed by atoms with van der Waals surface area (Å²) in [7, 11) is 0. The smallest absolute Gasteiger partial charge is 0.246 e. The summed E-state index contributed by atoms with van der Waals surface area (Å²) in [5.41, 5.74) is 7.55. The summed E-state index contributed by atoms with van der Waals surface area (Å²) in [5.74, 6) is 0.524. The minimum Gasteiger partial charge on any atom is -0.384 e. The van der Waals surface area contributed by atoms with E-state index in [4.69, 9.17) is 17.3 Å². The predicted molar refractivity (Wildman–Crippen MR) is 129 cm³/mol. The molecule has 1 amide bonds. The second-order valence-electron chi connectivity index (χ2n) is 7.80. The van der Waals surface area contributed by atoms with Gasteiger partial charge in [-0.25, -0.2) is 19.3 Å². The quantitative estimate of drug-likeness (QED) is 0.462. The number of carbonyl (C=O) groups excluding carboxylic acids is 1. The molecule has 2 N–H and O–H groups in total. The topological polar surface area (TPSA) is 88.2 Å². The Kier molecular flexibility index (Phi) is 5.30. The van der Waals surface area contributed by atoms with Crippen LogP contribution in [0.5, 0.6) is 0 Å². The molecule has 7 nitrogen and oxygen atoms in total. The van der Waals surface area contributed by atoms with Crippen molar-refractivity contribution >= 4 is 50.8 Å². The Balaban J connectivity index is 1.59. The molecule has 0 bridgehead atoms. The summed E-state index contributed by atoms with van der Waals surface area (Å²) in [6.45, 7) is 5.94. The number of nitrogens with zero attached hydrogens (tertiary/aromatic N) is 5. The van der Waals surface area contributed by atoms with Gasteiger partial charge in [0.05, 0.1) is 16.2 Å². The van der Waals surface area contributed by atoms with Gasteiger partial charge in [0.15, 0.2) is 0 Å². The van der Waals surface area contributed by atoms with Gasteiger partial charge in [0, 0.05) is 42.5 Å². The van der Waals surface area contributed by atoms with E-state index in [1.165, 1.54) is 18.5 Å². The number of fused-ring (bicyclic) bond motifs is 2. The van der Waals surface area contributed by atoms with Gasteiger partial charge < -0.3 is 15.5 Å². The van der Waals surface area contributed by atoms with Crippen molar-refractivity contribution in [3.05, 3.63) is 66.2 Å². The molecule has 4 aromatic rings. The number of halogens is 2. The molecule has 33 heavy (non-hydrogen) atoms. The van der Waals surface area contributed by atoms with Crippen LogP contribution < -0.4 is 10.6 Å². The Morgan fingerprint density at radius 3 is 2.70 bits per heavy atom. The standard InChI is InChI=1S/C24H20ClFN6O/c1-2-21(33)31-6-8-32(9-7-31)24-16-11-17(25)15(12-19(16)28-13-29-24)23-22-14(10-20(27)30-23)4-3-5-18(22)26/h2-5,10-13H,1,6-9H2,(H2,27,30). The number of pyridine rings is 1. The van der Waals surface area contributed by atoms with E-state index in [9.17, 15) is 9.18 Å². The molecule has 0 unspecified atom stereocenters. The highest BCUT2D eigenvalue weighted by molar-refractivity contribution is 6.34. The zero-order valence-corrected chi connectivity index (χ0v) is 18.4. The van der Waals surface area contributed by atoms with E-state index in [0.29, 0.717) is 58.7 Å². The molecule has 2 aromatic carbocycles. The van der Waals surface area contributed by atoms with Gasteiger partial charge in [0.25, 0.3) is 0 Å². The third-order valence-electron chi connectivity index (χ3n) is 5.85. The summed E-state index contributed by atoms with van der Waals surface area (Å²) in [6.07, 6.45) is 2.82.